The van der Waals surface area contributed by atoms with Crippen LogP contribution in [0.2, 0.25) is 0 Å². The van der Waals surface area contributed by atoms with Crippen LogP contribution < -0.4 is 15.0 Å². The number of tetrazole rings is 1. The van der Waals surface area contributed by atoms with E-state index in [1.807, 2.05) is 22.9 Å². The van der Waals surface area contributed by atoms with E-state index in [2.05, 4.69) is 53.1 Å². The minimum atomic E-state index is -0.259. The van der Waals surface area contributed by atoms with Gasteiger partial charge >= 0.3 is 0 Å². The maximum Gasteiger partial charge on any atom is 0.252 e. The second-order valence-corrected chi connectivity index (χ2v) is 10.0. The van der Waals surface area contributed by atoms with Crippen molar-refractivity contribution in [1.82, 2.24) is 30.1 Å². The molecule has 2 unspecified atom stereocenters. The van der Waals surface area contributed by atoms with Gasteiger partial charge in [-0.3, -0.25) is 9.69 Å². The number of hydrogen-bond donors (Lipinski definition) is 1. The molecule has 0 saturated carbocycles. The Bertz CT molecular complexity index is 1220. The van der Waals surface area contributed by atoms with Crippen molar-refractivity contribution in [3.05, 3.63) is 39.9 Å². The van der Waals surface area contributed by atoms with Crippen molar-refractivity contribution in [2.45, 2.75) is 71.2 Å². The van der Waals surface area contributed by atoms with Crippen LogP contribution in [0.4, 0.5) is 0 Å². The molecular formula is C24H32N6O4. The zero-order valence-electron chi connectivity index (χ0n) is 20.2. The van der Waals surface area contributed by atoms with Crippen molar-refractivity contribution in [2.75, 3.05) is 19.9 Å². The summed E-state index contributed by atoms with van der Waals surface area (Å²) in [5.74, 6) is 2.14. The number of ether oxygens (including phenoxy) is 3. The maximum absolute atomic E-state index is 13.1. The molecule has 0 amide bonds. The predicted molar refractivity (Wildman–Crippen MR) is 126 cm³/mol. The van der Waals surface area contributed by atoms with Gasteiger partial charge in [0.15, 0.2) is 17.3 Å². The van der Waals surface area contributed by atoms with Gasteiger partial charge in [-0.25, -0.2) is 4.68 Å². The molecule has 4 heterocycles. The number of fused-ring (bicyclic) bond motifs is 2. The smallest absolute Gasteiger partial charge is 0.252 e. The van der Waals surface area contributed by atoms with E-state index in [4.69, 9.17) is 14.2 Å². The predicted octanol–water partition coefficient (Wildman–Crippen LogP) is 3.13. The van der Waals surface area contributed by atoms with Gasteiger partial charge in [0.25, 0.3) is 5.56 Å². The molecule has 1 saturated heterocycles. The van der Waals surface area contributed by atoms with Gasteiger partial charge < -0.3 is 19.2 Å². The normalized spacial score (nSPS) is 18.8. The molecule has 2 aliphatic heterocycles. The van der Waals surface area contributed by atoms with Crippen LogP contribution >= 0.6 is 0 Å². The average molecular weight is 469 g/mol. The lowest BCUT2D eigenvalue weighted by molar-refractivity contribution is 0.0478. The second kappa shape index (κ2) is 8.99. The molecule has 1 aromatic carbocycles. The Hall–Kier alpha value is -2.98. The molecule has 1 fully saturated rings. The second-order valence-electron chi connectivity index (χ2n) is 10.0. The lowest BCUT2D eigenvalue weighted by Gasteiger charge is -2.33. The molecule has 0 spiro atoms. The van der Waals surface area contributed by atoms with Crippen molar-refractivity contribution in [1.29, 1.82) is 0 Å². The topological polar surface area (TPSA) is 107 Å². The summed E-state index contributed by atoms with van der Waals surface area (Å²) in [6.07, 6.45) is 2.99. The minimum absolute atomic E-state index is 0.0646. The quantitative estimate of drug-likeness (QED) is 0.564. The Morgan fingerprint density at radius 1 is 1.24 bits per heavy atom. The number of nitrogens with zero attached hydrogens (tertiary/aromatic N) is 5. The number of hydrogen-bond acceptors (Lipinski definition) is 8. The molecule has 182 valence electrons. The Morgan fingerprint density at radius 3 is 2.74 bits per heavy atom. The SMILES string of the molecule is CCC(c1nnnn1C(C)(C)C)N(Cc1cc2cc3c(cc2[nH]c1=O)OCO3)CC1CCCO1. The van der Waals surface area contributed by atoms with Crippen LogP contribution in [0.15, 0.2) is 23.0 Å². The van der Waals surface area contributed by atoms with Crippen LogP contribution in [-0.4, -0.2) is 56.1 Å². The molecule has 34 heavy (non-hydrogen) atoms. The van der Waals surface area contributed by atoms with E-state index in [1.165, 1.54) is 0 Å². The Kier molecular flexibility index (Phi) is 6.03. The molecule has 1 N–H and O–H groups in total. The van der Waals surface area contributed by atoms with E-state index in [0.717, 1.165) is 42.6 Å². The van der Waals surface area contributed by atoms with Crippen molar-refractivity contribution < 1.29 is 14.2 Å². The van der Waals surface area contributed by atoms with Gasteiger partial charge in [0.1, 0.15) is 0 Å². The third kappa shape index (κ3) is 4.39. The van der Waals surface area contributed by atoms with Crippen molar-refractivity contribution in [3.63, 3.8) is 0 Å². The highest BCUT2D eigenvalue weighted by Gasteiger charge is 2.32. The van der Waals surface area contributed by atoms with Crippen molar-refractivity contribution in [2.24, 2.45) is 0 Å². The first-order valence-electron chi connectivity index (χ1n) is 11.9. The first-order valence-corrected chi connectivity index (χ1v) is 11.9. The fourth-order valence-corrected chi connectivity index (χ4v) is 4.81. The van der Waals surface area contributed by atoms with E-state index in [0.29, 0.717) is 30.2 Å². The van der Waals surface area contributed by atoms with E-state index < -0.39 is 0 Å². The first kappa shape index (κ1) is 22.8. The lowest BCUT2D eigenvalue weighted by atomic mass is 10.1. The third-order valence-corrected chi connectivity index (χ3v) is 6.50. The Labute approximate surface area is 198 Å². The molecule has 2 atom stereocenters. The molecule has 0 radical (unpaired) electrons. The number of rotatable bonds is 7. The number of pyridine rings is 1. The number of aromatic nitrogens is 5. The van der Waals surface area contributed by atoms with Crippen LogP contribution in [0.3, 0.4) is 0 Å². The van der Waals surface area contributed by atoms with Gasteiger partial charge in [-0.1, -0.05) is 6.92 Å². The van der Waals surface area contributed by atoms with Gasteiger partial charge in [-0.15, -0.1) is 5.10 Å². The fourth-order valence-electron chi connectivity index (χ4n) is 4.81. The monoisotopic (exact) mass is 468 g/mol. The van der Waals surface area contributed by atoms with Gasteiger partial charge in [-0.05, 0) is 62.6 Å². The average Bonchev–Trinajstić information content (AvgIpc) is 3.54. The molecule has 3 aromatic rings. The Morgan fingerprint density at radius 2 is 2.03 bits per heavy atom. The maximum atomic E-state index is 13.1. The summed E-state index contributed by atoms with van der Waals surface area (Å²) in [5.41, 5.74) is 1.03. The summed E-state index contributed by atoms with van der Waals surface area (Å²) < 4.78 is 18.8. The van der Waals surface area contributed by atoms with Crippen LogP contribution in [0.5, 0.6) is 11.5 Å². The lowest BCUT2D eigenvalue weighted by Crippen LogP contribution is -2.39. The minimum Gasteiger partial charge on any atom is -0.454 e. The molecular weight excluding hydrogens is 436 g/mol. The number of benzene rings is 1. The molecule has 2 aliphatic rings. The number of aromatic amines is 1. The zero-order valence-corrected chi connectivity index (χ0v) is 20.2. The highest BCUT2D eigenvalue weighted by Crippen LogP contribution is 2.35. The molecule has 5 rings (SSSR count). The van der Waals surface area contributed by atoms with Crippen LogP contribution in [0, 0.1) is 0 Å². The summed E-state index contributed by atoms with van der Waals surface area (Å²) in [5, 5.41) is 13.6. The van der Waals surface area contributed by atoms with E-state index in [9.17, 15) is 4.79 Å². The van der Waals surface area contributed by atoms with E-state index in [-0.39, 0.29) is 30.0 Å². The largest absolute Gasteiger partial charge is 0.454 e. The van der Waals surface area contributed by atoms with Gasteiger partial charge in [0.05, 0.1) is 23.2 Å². The van der Waals surface area contributed by atoms with Gasteiger partial charge in [0.2, 0.25) is 6.79 Å². The molecule has 0 aliphatic carbocycles. The summed E-state index contributed by atoms with van der Waals surface area (Å²) >= 11 is 0. The molecule has 0 bridgehead atoms. The standard InChI is InChI=1S/C24H32N6O4/c1-5-19(22-26-27-28-30(22)24(2,3)4)29(13-17-7-6-8-32-17)12-16-9-15-10-20-21(34-14-33-20)11-18(15)25-23(16)31/h9-11,17,19H,5-8,12-14H2,1-4H3,(H,25,31). The van der Waals surface area contributed by atoms with E-state index >= 15 is 0 Å². The number of nitrogens with one attached hydrogen (secondary N) is 1. The molecule has 10 heteroatoms. The summed E-state index contributed by atoms with van der Waals surface area (Å²) in [7, 11) is 0. The van der Waals surface area contributed by atoms with Gasteiger partial charge in [0, 0.05) is 36.7 Å². The molecule has 2 aromatic heterocycles. The van der Waals surface area contributed by atoms with Crippen LogP contribution in [-0.2, 0) is 16.8 Å². The van der Waals surface area contributed by atoms with Crippen LogP contribution in [0.1, 0.15) is 64.4 Å². The summed E-state index contributed by atoms with van der Waals surface area (Å²) in [4.78, 5) is 18.4. The highest BCUT2D eigenvalue weighted by molar-refractivity contribution is 5.83. The molecule has 10 nitrogen and oxygen atoms in total. The summed E-state index contributed by atoms with van der Waals surface area (Å²) in [6.45, 7) is 10.5. The Balaban J connectivity index is 1.51. The zero-order chi connectivity index (χ0) is 23.9. The van der Waals surface area contributed by atoms with E-state index in [1.54, 1.807) is 0 Å². The fraction of sp³-hybridized carbons (Fsp3) is 0.583. The third-order valence-electron chi connectivity index (χ3n) is 6.50. The van der Waals surface area contributed by atoms with Crippen LogP contribution in [0.25, 0.3) is 10.9 Å². The van der Waals surface area contributed by atoms with Gasteiger partial charge in [-0.2, -0.15) is 0 Å². The number of H-pyrrole nitrogens is 1. The first-order chi connectivity index (χ1) is 16.3. The summed E-state index contributed by atoms with van der Waals surface area (Å²) in [6, 6.07) is 5.61. The highest BCUT2D eigenvalue weighted by atomic mass is 16.7. The van der Waals surface area contributed by atoms with Crippen molar-refractivity contribution >= 4 is 10.9 Å². The van der Waals surface area contributed by atoms with Crippen molar-refractivity contribution in [3.8, 4) is 11.5 Å².